The summed E-state index contributed by atoms with van der Waals surface area (Å²) in [5.41, 5.74) is 3.80. The standard InChI is InChI=1S/C36H30N4O4S2/c1-43-23-15-11-21(12-16-23)31-25(33(41)39(31)35-37-27-7-3-5-9-29(27)45-35)19-20-26-32(22-13-17-24(44-2)18-14-22)40(34(26)42)36-38-28-8-4-6-10-30(28)46-36/h3-18,25-26,31-32H,19-20H2,1-2H3. The Labute approximate surface area is 273 Å². The molecule has 8 rings (SSSR count). The fourth-order valence-corrected chi connectivity index (χ4v) is 8.75. The van der Waals surface area contributed by atoms with Gasteiger partial charge in [0.2, 0.25) is 11.8 Å². The van der Waals surface area contributed by atoms with Crippen molar-refractivity contribution in [1.29, 1.82) is 0 Å². The fourth-order valence-electron chi connectivity index (χ4n) is 6.74. The van der Waals surface area contributed by atoms with Gasteiger partial charge in [-0.25, -0.2) is 9.97 Å². The van der Waals surface area contributed by atoms with Crippen molar-refractivity contribution >= 4 is 65.2 Å². The van der Waals surface area contributed by atoms with E-state index in [1.54, 1.807) is 14.2 Å². The molecule has 2 amide bonds. The highest BCUT2D eigenvalue weighted by atomic mass is 32.1. The Bertz CT molecular complexity index is 1860. The number of methoxy groups -OCH3 is 2. The maximum absolute atomic E-state index is 13.9. The van der Waals surface area contributed by atoms with Gasteiger partial charge in [-0.15, -0.1) is 0 Å². The summed E-state index contributed by atoms with van der Waals surface area (Å²) in [4.78, 5) is 41.1. The van der Waals surface area contributed by atoms with Crippen LogP contribution in [0.4, 0.5) is 10.3 Å². The monoisotopic (exact) mass is 646 g/mol. The summed E-state index contributed by atoms with van der Waals surface area (Å²) in [6, 6.07) is 31.3. The lowest BCUT2D eigenvalue weighted by molar-refractivity contribution is -0.134. The highest BCUT2D eigenvalue weighted by molar-refractivity contribution is 7.22. The minimum Gasteiger partial charge on any atom is -0.497 e. The van der Waals surface area contributed by atoms with Gasteiger partial charge < -0.3 is 9.47 Å². The number of hydrogen-bond acceptors (Lipinski definition) is 8. The first-order valence-electron chi connectivity index (χ1n) is 15.2. The molecule has 2 aliphatic heterocycles. The highest BCUT2D eigenvalue weighted by Crippen LogP contribution is 2.52. The summed E-state index contributed by atoms with van der Waals surface area (Å²) < 4.78 is 12.9. The number of para-hydroxylation sites is 2. The maximum Gasteiger partial charge on any atom is 0.234 e. The topological polar surface area (TPSA) is 84.9 Å². The predicted octanol–water partition coefficient (Wildman–Crippen LogP) is 7.81. The van der Waals surface area contributed by atoms with E-state index >= 15 is 0 Å². The Morgan fingerprint density at radius 2 is 0.978 bits per heavy atom. The van der Waals surface area contributed by atoms with Crippen molar-refractivity contribution in [2.75, 3.05) is 24.0 Å². The molecule has 2 aliphatic rings. The predicted molar refractivity (Wildman–Crippen MR) is 182 cm³/mol. The molecule has 8 nitrogen and oxygen atoms in total. The zero-order chi connectivity index (χ0) is 31.4. The molecule has 46 heavy (non-hydrogen) atoms. The second-order valence-corrected chi connectivity index (χ2v) is 13.6. The summed E-state index contributed by atoms with van der Waals surface area (Å²) in [5.74, 6) is 1.04. The average molecular weight is 647 g/mol. The average Bonchev–Trinajstić information content (AvgIpc) is 3.71. The molecular weight excluding hydrogens is 617 g/mol. The van der Waals surface area contributed by atoms with Crippen LogP contribution in [0.15, 0.2) is 97.1 Å². The number of β-lactam (4-membered cyclic amide) rings is 2. The van der Waals surface area contributed by atoms with Crippen LogP contribution in [0.5, 0.6) is 11.5 Å². The highest BCUT2D eigenvalue weighted by Gasteiger charge is 2.53. The van der Waals surface area contributed by atoms with Crippen molar-refractivity contribution < 1.29 is 19.1 Å². The van der Waals surface area contributed by atoms with E-state index in [1.807, 2.05) is 107 Å². The first-order valence-corrected chi connectivity index (χ1v) is 16.8. The van der Waals surface area contributed by atoms with Gasteiger partial charge in [0.05, 0.1) is 58.6 Å². The van der Waals surface area contributed by atoms with Crippen LogP contribution in [0, 0.1) is 11.8 Å². The van der Waals surface area contributed by atoms with Crippen molar-refractivity contribution in [3.63, 3.8) is 0 Å². The molecule has 10 heteroatoms. The number of ether oxygens (including phenoxy) is 2. The van der Waals surface area contributed by atoms with Crippen molar-refractivity contribution in [2.45, 2.75) is 24.9 Å². The smallest absolute Gasteiger partial charge is 0.234 e. The van der Waals surface area contributed by atoms with E-state index in [-0.39, 0.29) is 35.7 Å². The molecule has 0 saturated carbocycles. The molecule has 4 heterocycles. The minimum atomic E-state index is -0.277. The second kappa shape index (κ2) is 11.5. The molecule has 0 bridgehead atoms. The van der Waals surface area contributed by atoms with Gasteiger partial charge in [-0.05, 0) is 72.5 Å². The van der Waals surface area contributed by atoms with E-state index in [0.717, 1.165) is 43.1 Å². The zero-order valence-electron chi connectivity index (χ0n) is 25.2. The molecule has 0 spiro atoms. The van der Waals surface area contributed by atoms with Crippen molar-refractivity contribution in [3.8, 4) is 11.5 Å². The molecule has 4 aromatic carbocycles. The van der Waals surface area contributed by atoms with Crippen LogP contribution in [-0.4, -0.2) is 36.0 Å². The van der Waals surface area contributed by atoms with Gasteiger partial charge in [-0.3, -0.25) is 19.4 Å². The normalized spacial score (nSPS) is 21.0. The molecule has 2 saturated heterocycles. The molecule has 4 unspecified atom stereocenters. The number of amides is 2. The van der Waals surface area contributed by atoms with Gasteiger partial charge in [-0.1, -0.05) is 71.2 Å². The van der Waals surface area contributed by atoms with Crippen LogP contribution in [0.1, 0.15) is 36.1 Å². The molecule has 2 fully saturated rings. The fraction of sp³-hybridized carbons (Fsp3) is 0.222. The van der Waals surface area contributed by atoms with Gasteiger partial charge in [0.1, 0.15) is 11.5 Å². The van der Waals surface area contributed by atoms with Crippen LogP contribution in [0.2, 0.25) is 0 Å². The van der Waals surface area contributed by atoms with E-state index in [0.29, 0.717) is 23.1 Å². The third kappa shape index (κ3) is 4.71. The van der Waals surface area contributed by atoms with E-state index in [4.69, 9.17) is 19.4 Å². The first-order chi connectivity index (χ1) is 22.5. The summed E-state index contributed by atoms with van der Waals surface area (Å²) in [5, 5.41) is 1.39. The third-order valence-corrected chi connectivity index (χ3v) is 11.2. The van der Waals surface area contributed by atoms with Crippen LogP contribution in [0.25, 0.3) is 20.4 Å². The van der Waals surface area contributed by atoms with Gasteiger partial charge in [0, 0.05) is 0 Å². The maximum atomic E-state index is 13.9. The Kier molecular flexibility index (Phi) is 7.18. The van der Waals surface area contributed by atoms with Gasteiger partial charge in [-0.2, -0.15) is 0 Å². The largest absolute Gasteiger partial charge is 0.497 e. The van der Waals surface area contributed by atoms with Crippen molar-refractivity contribution in [1.82, 2.24) is 9.97 Å². The van der Waals surface area contributed by atoms with E-state index < -0.39 is 0 Å². The van der Waals surface area contributed by atoms with Gasteiger partial charge in [0.15, 0.2) is 10.3 Å². The lowest BCUT2D eigenvalue weighted by Gasteiger charge is -2.49. The molecule has 230 valence electrons. The molecule has 0 aliphatic carbocycles. The molecule has 6 aromatic rings. The van der Waals surface area contributed by atoms with Gasteiger partial charge >= 0.3 is 0 Å². The quantitative estimate of drug-likeness (QED) is 0.149. The van der Waals surface area contributed by atoms with E-state index in [2.05, 4.69) is 0 Å². The molecule has 2 aromatic heterocycles. The summed E-state index contributed by atoms with van der Waals surface area (Å²) in [6.45, 7) is 0. The van der Waals surface area contributed by atoms with Crippen LogP contribution < -0.4 is 19.3 Å². The summed E-state index contributed by atoms with van der Waals surface area (Å²) >= 11 is 3.05. The molecule has 4 atom stereocenters. The Balaban J connectivity index is 1.09. The first kappa shape index (κ1) is 28.7. The number of nitrogens with zero attached hydrogens (tertiary/aromatic N) is 4. The lowest BCUT2D eigenvalue weighted by Crippen LogP contribution is -2.57. The van der Waals surface area contributed by atoms with Crippen molar-refractivity contribution in [3.05, 3.63) is 108 Å². The molecular formula is C36H30N4O4S2. The Hall–Kier alpha value is -4.80. The SMILES string of the molecule is COc1ccc(C2C(CCC3C(=O)N(c4nc5ccccc5s4)C3c3ccc(OC)cc3)C(=O)N2c2nc3ccccc3s2)cc1. The van der Waals surface area contributed by atoms with Gasteiger partial charge in [0.25, 0.3) is 0 Å². The minimum absolute atomic E-state index is 0.0377. The number of fused-ring (bicyclic) bond motifs is 2. The number of benzene rings is 4. The number of thiazole rings is 2. The Morgan fingerprint density at radius 1 is 0.587 bits per heavy atom. The van der Waals surface area contributed by atoms with E-state index in [1.165, 1.54) is 22.7 Å². The molecule has 0 N–H and O–H groups in total. The van der Waals surface area contributed by atoms with Crippen molar-refractivity contribution in [2.24, 2.45) is 11.8 Å². The van der Waals surface area contributed by atoms with Crippen LogP contribution in [-0.2, 0) is 9.59 Å². The number of carbonyl (C=O) groups excluding carboxylic acids is 2. The van der Waals surface area contributed by atoms with Crippen LogP contribution in [0.3, 0.4) is 0 Å². The summed E-state index contributed by atoms with van der Waals surface area (Å²) in [6.07, 6.45) is 1.15. The third-order valence-electron chi connectivity index (χ3n) is 9.11. The molecule has 0 radical (unpaired) electrons. The number of aromatic nitrogens is 2. The Morgan fingerprint density at radius 3 is 1.35 bits per heavy atom. The number of anilines is 2. The number of rotatable bonds is 9. The number of carbonyl (C=O) groups is 2. The zero-order valence-corrected chi connectivity index (χ0v) is 26.8. The van der Waals surface area contributed by atoms with Crippen LogP contribution >= 0.6 is 22.7 Å². The second-order valence-electron chi connectivity index (χ2n) is 11.6. The lowest BCUT2D eigenvalue weighted by atomic mass is 9.74. The van der Waals surface area contributed by atoms with E-state index in [9.17, 15) is 9.59 Å². The summed E-state index contributed by atoms with van der Waals surface area (Å²) in [7, 11) is 3.29. The number of hydrogen-bond donors (Lipinski definition) is 0.